The van der Waals surface area contributed by atoms with Gasteiger partial charge in [-0.15, -0.1) is 0 Å². The monoisotopic (exact) mass is 289 g/mol. The van der Waals surface area contributed by atoms with Crippen LogP contribution >= 0.6 is 0 Å². The van der Waals surface area contributed by atoms with Gasteiger partial charge in [-0.25, -0.2) is 0 Å². The summed E-state index contributed by atoms with van der Waals surface area (Å²) >= 11 is 0. The van der Waals surface area contributed by atoms with Gasteiger partial charge in [-0.05, 0) is 31.4 Å². The largest absolute Gasteiger partial charge is 0.465 e. The predicted molar refractivity (Wildman–Crippen MR) is 76.5 cm³/mol. The standard InChI is InChI=1S/C15H19N3O3/c1-5-20-15(19)11(9(2)3)14-17-13(18-21-14)12-10(4)7-6-8-16-12/h6-9,11H,5H2,1-4H3. The predicted octanol–water partition coefficient (Wildman–Crippen LogP) is 2.74. The van der Waals surface area contributed by atoms with E-state index < -0.39 is 5.92 Å². The van der Waals surface area contributed by atoms with E-state index in [0.29, 0.717) is 18.1 Å². The van der Waals surface area contributed by atoms with Crippen molar-refractivity contribution >= 4 is 5.97 Å². The highest BCUT2D eigenvalue weighted by molar-refractivity contribution is 5.77. The van der Waals surface area contributed by atoms with Gasteiger partial charge in [0.1, 0.15) is 11.6 Å². The van der Waals surface area contributed by atoms with Crippen LogP contribution in [0.4, 0.5) is 0 Å². The summed E-state index contributed by atoms with van der Waals surface area (Å²) in [6.45, 7) is 7.84. The van der Waals surface area contributed by atoms with Crippen molar-refractivity contribution in [2.75, 3.05) is 6.61 Å². The van der Waals surface area contributed by atoms with Crippen LogP contribution in [0, 0.1) is 12.8 Å². The molecular formula is C15H19N3O3. The van der Waals surface area contributed by atoms with Crippen LogP contribution in [0.3, 0.4) is 0 Å². The number of nitrogens with zero attached hydrogens (tertiary/aromatic N) is 3. The van der Waals surface area contributed by atoms with Crippen LogP contribution in [0.5, 0.6) is 0 Å². The lowest BCUT2D eigenvalue weighted by Gasteiger charge is -2.14. The second-order valence-corrected chi connectivity index (χ2v) is 5.10. The van der Waals surface area contributed by atoms with Crippen LogP contribution in [0.2, 0.25) is 0 Å². The number of carbonyl (C=O) groups excluding carboxylic acids is 1. The van der Waals surface area contributed by atoms with Gasteiger partial charge in [0.25, 0.3) is 0 Å². The van der Waals surface area contributed by atoms with Gasteiger partial charge >= 0.3 is 5.97 Å². The smallest absolute Gasteiger partial charge is 0.318 e. The van der Waals surface area contributed by atoms with Gasteiger partial charge in [-0.1, -0.05) is 25.1 Å². The molecule has 0 saturated carbocycles. The maximum Gasteiger partial charge on any atom is 0.318 e. The van der Waals surface area contributed by atoms with Crippen molar-refractivity contribution in [1.82, 2.24) is 15.1 Å². The number of hydrogen-bond acceptors (Lipinski definition) is 6. The quantitative estimate of drug-likeness (QED) is 0.787. The third kappa shape index (κ3) is 3.26. The van der Waals surface area contributed by atoms with Gasteiger partial charge in [0.05, 0.1) is 6.61 Å². The minimum absolute atomic E-state index is 0.00202. The first-order chi connectivity index (χ1) is 10.0. The highest BCUT2D eigenvalue weighted by Gasteiger charge is 2.31. The second kappa shape index (κ2) is 6.47. The number of rotatable bonds is 5. The van der Waals surface area contributed by atoms with Crippen molar-refractivity contribution in [2.24, 2.45) is 5.92 Å². The van der Waals surface area contributed by atoms with Gasteiger partial charge in [-0.2, -0.15) is 4.98 Å². The zero-order valence-corrected chi connectivity index (χ0v) is 12.7. The highest BCUT2D eigenvalue weighted by atomic mass is 16.5. The molecule has 6 nitrogen and oxygen atoms in total. The Kier molecular flexibility index (Phi) is 4.67. The van der Waals surface area contributed by atoms with Gasteiger partial charge in [-0.3, -0.25) is 9.78 Å². The number of aromatic nitrogens is 3. The molecule has 0 bridgehead atoms. The summed E-state index contributed by atoms with van der Waals surface area (Å²) in [6.07, 6.45) is 1.67. The first-order valence-electron chi connectivity index (χ1n) is 6.96. The Morgan fingerprint density at radius 1 is 1.43 bits per heavy atom. The number of carbonyl (C=O) groups is 1. The molecule has 0 aliphatic heterocycles. The number of hydrogen-bond donors (Lipinski definition) is 0. The fourth-order valence-electron chi connectivity index (χ4n) is 2.07. The molecule has 0 radical (unpaired) electrons. The average molecular weight is 289 g/mol. The molecule has 0 saturated heterocycles. The third-order valence-corrected chi connectivity index (χ3v) is 3.14. The Bertz CT molecular complexity index is 622. The fourth-order valence-corrected chi connectivity index (χ4v) is 2.07. The topological polar surface area (TPSA) is 78.1 Å². The fraction of sp³-hybridized carbons (Fsp3) is 0.467. The summed E-state index contributed by atoms with van der Waals surface area (Å²) in [4.78, 5) is 20.6. The minimum Gasteiger partial charge on any atom is -0.465 e. The SMILES string of the molecule is CCOC(=O)C(c1nc(-c2ncccc2C)no1)C(C)C. The molecule has 1 unspecified atom stereocenters. The van der Waals surface area contributed by atoms with Gasteiger partial charge in [0, 0.05) is 6.20 Å². The molecule has 112 valence electrons. The minimum atomic E-state index is -0.560. The molecule has 2 aromatic rings. The molecule has 21 heavy (non-hydrogen) atoms. The summed E-state index contributed by atoms with van der Waals surface area (Å²) in [5.74, 6) is -0.251. The van der Waals surface area contributed by atoms with E-state index in [9.17, 15) is 4.79 Å². The van der Waals surface area contributed by atoms with Crippen molar-refractivity contribution in [3.05, 3.63) is 29.8 Å². The van der Waals surface area contributed by atoms with Crippen LogP contribution in [0.1, 0.15) is 38.1 Å². The van der Waals surface area contributed by atoms with E-state index in [-0.39, 0.29) is 17.8 Å². The zero-order chi connectivity index (χ0) is 15.4. The first kappa shape index (κ1) is 15.2. The van der Waals surface area contributed by atoms with E-state index in [0.717, 1.165) is 5.56 Å². The van der Waals surface area contributed by atoms with E-state index >= 15 is 0 Å². The molecule has 0 spiro atoms. The molecule has 2 rings (SSSR count). The van der Waals surface area contributed by atoms with Gasteiger partial charge < -0.3 is 9.26 Å². The van der Waals surface area contributed by atoms with E-state index in [1.54, 1.807) is 13.1 Å². The third-order valence-electron chi connectivity index (χ3n) is 3.14. The van der Waals surface area contributed by atoms with Crippen molar-refractivity contribution in [1.29, 1.82) is 0 Å². The summed E-state index contributed by atoms with van der Waals surface area (Å²) in [6, 6.07) is 3.76. The summed E-state index contributed by atoms with van der Waals surface area (Å²) < 4.78 is 10.3. The number of ether oxygens (including phenoxy) is 1. The van der Waals surface area contributed by atoms with Gasteiger partial charge in [0.2, 0.25) is 11.7 Å². The lowest BCUT2D eigenvalue weighted by atomic mass is 9.96. The Hall–Kier alpha value is -2.24. The van der Waals surface area contributed by atoms with E-state index in [1.807, 2.05) is 32.9 Å². The highest BCUT2D eigenvalue weighted by Crippen LogP contribution is 2.27. The Morgan fingerprint density at radius 3 is 2.81 bits per heavy atom. The maximum absolute atomic E-state index is 12.0. The van der Waals surface area contributed by atoms with Crippen molar-refractivity contribution in [3.63, 3.8) is 0 Å². The van der Waals surface area contributed by atoms with Crippen LogP contribution < -0.4 is 0 Å². The molecule has 2 heterocycles. The average Bonchev–Trinajstić information content (AvgIpc) is 2.88. The molecule has 0 aliphatic rings. The van der Waals surface area contributed by atoms with Crippen LogP contribution in [-0.4, -0.2) is 27.7 Å². The van der Waals surface area contributed by atoms with Crippen LogP contribution in [-0.2, 0) is 9.53 Å². The van der Waals surface area contributed by atoms with Crippen LogP contribution in [0.25, 0.3) is 11.5 Å². The van der Waals surface area contributed by atoms with E-state index in [2.05, 4.69) is 15.1 Å². The molecule has 0 amide bonds. The Morgan fingerprint density at radius 2 is 2.19 bits per heavy atom. The lowest BCUT2D eigenvalue weighted by molar-refractivity contribution is -0.146. The molecular weight excluding hydrogens is 270 g/mol. The molecule has 0 aromatic carbocycles. The van der Waals surface area contributed by atoms with Gasteiger partial charge in [0.15, 0.2) is 0 Å². The maximum atomic E-state index is 12.0. The van der Waals surface area contributed by atoms with E-state index in [4.69, 9.17) is 9.26 Å². The number of pyridine rings is 1. The normalized spacial score (nSPS) is 12.4. The first-order valence-corrected chi connectivity index (χ1v) is 6.96. The van der Waals surface area contributed by atoms with Crippen molar-refractivity contribution in [3.8, 4) is 11.5 Å². The Labute approximate surface area is 123 Å². The second-order valence-electron chi connectivity index (χ2n) is 5.10. The summed E-state index contributed by atoms with van der Waals surface area (Å²) in [5, 5.41) is 3.94. The molecule has 0 N–H and O–H groups in total. The van der Waals surface area contributed by atoms with Crippen molar-refractivity contribution in [2.45, 2.75) is 33.6 Å². The molecule has 2 aromatic heterocycles. The molecule has 6 heteroatoms. The van der Waals surface area contributed by atoms with E-state index in [1.165, 1.54) is 0 Å². The van der Waals surface area contributed by atoms with Crippen molar-refractivity contribution < 1.29 is 14.1 Å². The number of esters is 1. The van der Waals surface area contributed by atoms with Crippen LogP contribution in [0.15, 0.2) is 22.9 Å². The summed E-state index contributed by atoms with van der Waals surface area (Å²) in [5.41, 5.74) is 1.60. The summed E-state index contributed by atoms with van der Waals surface area (Å²) in [7, 11) is 0. The number of aryl methyl sites for hydroxylation is 1. The molecule has 0 fully saturated rings. The molecule has 1 atom stereocenters. The lowest BCUT2D eigenvalue weighted by Crippen LogP contribution is -2.21. The zero-order valence-electron chi connectivity index (χ0n) is 12.7. The Balaban J connectivity index is 2.33. The molecule has 0 aliphatic carbocycles.